The minimum Gasteiger partial charge on any atom is -0.464 e. The molecule has 24 heavy (non-hydrogen) atoms. The highest BCUT2D eigenvalue weighted by molar-refractivity contribution is 5.82. The highest BCUT2D eigenvalue weighted by Gasteiger charge is 2.35. The van der Waals surface area contributed by atoms with Gasteiger partial charge in [-0.3, -0.25) is 4.90 Å². The number of unbranched alkanes of at least 4 members (excludes halogenated alkanes) is 1. The second-order valence-electron chi connectivity index (χ2n) is 5.99. The van der Waals surface area contributed by atoms with Gasteiger partial charge < -0.3 is 9.47 Å². The Labute approximate surface area is 143 Å². The zero-order chi connectivity index (χ0) is 17.4. The van der Waals surface area contributed by atoms with Crippen LogP contribution < -0.4 is 0 Å². The van der Waals surface area contributed by atoms with Gasteiger partial charge in [-0.1, -0.05) is 55.8 Å². The summed E-state index contributed by atoms with van der Waals surface area (Å²) >= 11 is 0. The summed E-state index contributed by atoms with van der Waals surface area (Å²) in [6, 6.07) is 8.87. The van der Waals surface area contributed by atoms with Gasteiger partial charge in [0.1, 0.15) is 12.6 Å². The predicted molar refractivity (Wildman–Crippen MR) is 91.4 cm³/mol. The van der Waals surface area contributed by atoms with Gasteiger partial charge in [0, 0.05) is 6.54 Å². The zero-order valence-electron chi connectivity index (χ0n) is 14.2. The largest absolute Gasteiger partial charge is 0.464 e. The van der Waals surface area contributed by atoms with E-state index in [1.807, 2.05) is 37.3 Å². The quantitative estimate of drug-likeness (QED) is 0.453. The second kappa shape index (κ2) is 9.11. The fraction of sp³-hybridized carbons (Fsp3) is 0.474. The zero-order valence-corrected chi connectivity index (χ0v) is 14.2. The maximum atomic E-state index is 12.4. The van der Waals surface area contributed by atoms with Crippen molar-refractivity contribution in [2.45, 2.75) is 45.3 Å². The molecule has 0 aromatic heterocycles. The Morgan fingerprint density at radius 1 is 1.25 bits per heavy atom. The van der Waals surface area contributed by atoms with E-state index < -0.39 is 12.1 Å². The third-order valence-electron chi connectivity index (χ3n) is 4.00. The van der Waals surface area contributed by atoms with E-state index in [2.05, 4.69) is 6.58 Å². The normalized spacial score (nSPS) is 17.5. The van der Waals surface area contributed by atoms with Crippen LogP contribution in [0.4, 0.5) is 4.79 Å². The van der Waals surface area contributed by atoms with E-state index in [1.54, 1.807) is 0 Å². The van der Waals surface area contributed by atoms with Crippen LogP contribution in [-0.4, -0.2) is 36.2 Å². The number of nitrogens with zero attached hydrogens (tertiary/aromatic N) is 1. The average molecular weight is 331 g/mol. The molecule has 1 aromatic carbocycles. The van der Waals surface area contributed by atoms with Crippen LogP contribution in [0.5, 0.6) is 0 Å². The van der Waals surface area contributed by atoms with Crippen LogP contribution in [0.2, 0.25) is 0 Å². The van der Waals surface area contributed by atoms with E-state index >= 15 is 0 Å². The molecule has 1 aromatic rings. The van der Waals surface area contributed by atoms with Gasteiger partial charge in [-0.15, -0.1) is 0 Å². The molecule has 1 amide bonds. The van der Waals surface area contributed by atoms with Crippen molar-refractivity contribution in [3.63, 3.8) is 0 Å². The lowest BCUT2D eigenvalue weighted by Gasteiger charge is -2.34. The number of likely N-dealkylation sites (tertiary alicyclic amines) is 1. The summed E-state index contributed by atoms with van der Waals surface area (Å²) in [5.74, 6) is -0.354. The van der Waals surface area contributed by atoms with E-state index in [-0.39, 0.29) is 12.6 Å². The molecule has 1 aliphatic heterocycles. The molecule has 0 spiro atoms. The van der Waals surface area contributed by atoms with Crippen molar-refractivity contribution in [1.29, 1.82) is 0 Å². The molecule has 0 radical (unpaired) electrons. The van der Waals surface area contributed by atoms with Gasteiger partial charge in [-0.2, -0.15) is 0 Å². The Morgan fingerprint density at radius 3 is 2.71 bits per heavy atom. The summed E-state index contributed by atoms with van der Waals surface area (Å²) < 4.78 is 10.6. The highest BCUT2D eigenvalue weighted by Crippen LogP contribution is 2.22. The van der Waals surface area contributed by atoms with Crippen LogP contribution in [0, 0.1) is 0 Å². The molecular formula is C19H25NO4. The van der Waals surface area contributed by atoms with Gasteiger partial charge in [0.2, 0.25) is 0 Å². The van der Waals surface area contributed by atoms with Gasteiger partial charge in [-0.25, -0.2) is 9.59 Å². The summed E-state index contributed by atoms with van der Waals surface area (Å²) in [6.45, 7) is 6.87. The molecule has 5 heteroatoms. The fourth-order valence-electron chi connectivity index (χ4n) is 2.58. The first-order chi connectivity index (χ1) is 11.6. The number of benzene rings is 1. The smallest absolute Gasteiger partial charge is 0.411 e. The predicted octanol–water partition coefficient (Wildman–Crippen LogP) is 3.69. The first-order valence-corrected chi connectivity index (χ1v) is 8.42. The van der Waals surface area contributed by atoms with E-state index in [1.165, 1.54) is 4.90 Å². The first-order valence-electron chi connectivity index (χ1n) is 8.42. The second-order valence-corrected chi connectivity index (χ2v) is 5.99. The molecule has 1 aliphatic rings. The third kappa shape index (κ3) is 5.11. The molecule has 5 nitrogen and oxygen atoms in total. The third-order valence-corrected chi connectivity index (χ3v) is 4.00. The van der Waals surface area contributed by atoms with E-state index in [0.717, 1.165) is 30.4 Å². The van der Waals surface area contributed by atoms with E-state index in [4.69, 9.17) is 9.47 Å². The molecule has 2 rings (SSSR count). The van der Waals surface area contributed by atoms with Crippen molar-refractivity contribution in [3.8, 4) is 0 Å². The van der Waals surface area contributed by atoms with Crippen LogP contribution in [0.1, 0.15) is 38.2 Å². The molecule has 0 aliphatic carbocycles. The van der Waals surface area contributed by atoms with Gasteiger partial charge in [0.25, 0.3) is 0 Å². The minimum absolute atomic E-state index is 0.181. The lowest BCUT2D eigenvalue weighted by atomic mass is 9.99. The van der Waals surface area contributed by atoms with Crippen molar-refractivity contribution in [1.82, 2.24) is 4.90 Å². The Bertz CT molecular complexity index is 570. The van der Waals surface area contributed by atoms with Crippen LogP contribution >= 0.6 is 0 Å². The molecule has 1 fully saturated rings. The molecule has 0 N–H and O–H groups in total. The van der Waals surface area contributed by atoms with Crippen LogP contribution in [0.3, 0.4) is 0 Å². The number of ether oxygens (including phenoxy) is 2. The van der Waals surface area contributed by atoms with Gasteiger partial charge in [-0.05, 0) is 24.8 Å². The standard InChI is InChI=1S/C19H25NO4/c1-3-4-12-23-18(21)17-11-10-15(2)13-20(17)19(22)24-14-16-8-6-5-7-9-16/h5-9,17H,2-4,10-14H2,1H3/t17-/m0/s1. The Kier molecular flexibility index (Phi) is 6.85. The van der Waals surface area contributed by atoms with Crippen LogP contribution in [0.15, 0.2) is 42.5 Å². The molecule has 1 atom stereocenters. The Morgan fingerprint density at radius 2 is 2.00 bits per heavy atom. The number of hydrogen-bond donors (Lipinski definition) is 0. The Hall–Kier alpha value is -2.30. The molecule has 1 heterocycles. The monoisotopic (exact) mass is 331 g/mol. The van der Waals surface area contributed by atoms with Crippen molar-refractivity contribution in [2.24, 2.45) is 0 Å². The average Bonchev–Trinajstić information content (AvgIpc) is 2.60. The topological polar surface area (TPSA) is 55.8 Å². The number of hydrogen-bond acceptors (Lipinski definition) is 4. The molecule has 0 bridgehead atoms. The number of esters is 1. The minimum atomic E-state index is -0.587. The maximum Gasteiger partial charge on any atom is 0.411 e. The Balaban J connectivity index is 1.95. The summed E-state index contributed by atoms with van der Waals surface area (Å²) in [6.07, 6.45) is 2.53. The molecule has 0 saturated carbocycles. The number of carbonyl (C=O) groups is 2. The number of rotatable bonds is 6. The fourth-order valence-corrected chi connectivity index (χ4v) is 2.58. The number of piperidine rings is 1. The summed E-state index contributed by atoms with van der Waals surface area (Å²) in [7, 11) is 0. The lowest BCUT2D eigenvalue weighted by molar-refractivity contribution is -0.150. The molecular weight excluding hydrogens is 306 g/mol. The van der Waals surface area contributed by atoms with E-state index in [9.17, 15) is 9.59 Å². The highest BCUT2D eigenvalue weighted by atomic mass is 16.6. The summed E-state index contributed by atoms with van der Waals surface area (Å²) in [5.41, 5.74) is 1.83. The van der Waals surface area contributed by atoms with Crippen molar-refractivity contribution in [3.05, 3.63) is 48.0 Å². The van der Waals surface area contributed by atoms with Crippen LogP contribution in [0.25, 0.3) is 0 Å². The van der Waals surface area contributed by atoms with Crippen molar-refractivity contribution < 1.29 is 19.1 Å². The van der Waals surface area contributed by atoms with Gasteiger partial charge in [0.15, 0.2) is 0 Å². The van der Waals surface area contributed by atoms with Crippen molar-refractivity contribution >= 4 is 12.1 Å². The summed E-state index contributed by atoms with van der Waals surface area (Å²) in [4.78, 5) is 26.1. The number of carbonyl (C=O) groups excluding carboxylic acids is 2. The van der Waals surface area contributed by atoms with Gasteiger partial charge in [0.05, 0.1) is 6.61 Å². The molecule has 0 unspecified atom stereocenters. The SMILES string of the molecule is C=C1CC[C@@H](C(=O)OCCCC)N(C(=O)OCc2ccccc2)C1. The van der Waals surface area contributed by atoms with Crippen LogP contribution in [-0.2, 0) is 20.9 Å². The maximum absolute atomic E-state index is 12.4. The van der Waals surface area contributed by atoms with E-state index in [0.29, 0.717) is 19.6 Å². The first kappa shape index (κ1) is 18.0. The van der Waals surface area contributed by atoms with Crippen molar-refractivity contribution in [2.75, 3.05) is 13.2 Å². The summed E-state index contributed by atoms with van der Waals surface area (Å²) in [5, 5.41) is 0. The molecule has 130 valence electrons. The number of amides is 1. The lowest BCUT2D eigenvalue weighted by Crippen LogP contribution is -2.49. The van der Waals surface area contributed by atoms with Gasteiger partial charge >= 0.3 is 12.1 Å². The molecule has 1 saturated heterocycles.